The van der Waals surface area contributed by atoms with E-state index < -0.39 is 0 Å². The predicted molar refractivity (Wildman–Crippen MR) is 41.6 cm³/mol. The summed E-state index contributed by atoms with van der Waals surface area (Å²) in [4.78, 5) is 0. The molecule has 10 heavy (non-hydrogen) atoms. The first-order valence-corrected chi connectivity index (χ1v) is 3.24. The van der Waals surface area contributed by atoms with E-state index in [2.05, 4.69) is 24.3 Å². The van der Waals surface area contributed by atoms with Gasteiger partial charge in [0.15, 0.2) is 0 Å². The quantitative estimate of drug-likeness (QED) is 0.508. The van der Waals surface area contributed by atoms with Crippen molar-refractivity contribution in [2.45, 2.75) is 0 Å². The molecule has 0 bridgehead atoms. The first-order chi connectivity index (χ1) is 4.97. The van der Waals surface area contributed by atoms with Gasteiger partial charge in [-0.25, -0.2) is 0 Å². The predicted octanol–water partition coefficient (Wildman–Crippen LogP) is 2.44. The van der Waals surface area contributed by atoms with Crippen LogP contribution in [0.15, 0.2) is 36.4 Å². The van der Waals surface area contributed by atoms with Crippen LogP contribution < -0.4 is 0 Å². The Balaban J connectivity index is 2.89. The Kier molecular flexibility index (Phi) is 1.17. The lowest BCUT2D eigenvalue weighted by Crippen LogP contribution is -1.68. The van der Waals surface area contributed by atoms with Crippen LogP contribution in [-0.4, -0.2) is 0 Å². The lowest BCUT2D eigenvalue weighted by Gasteiger charge is -1.91. The number of hydrogen-bond donors (Lipinski definition) is 0. The Morgan fingerprint density at radius 3 is 2.00 bits per heavy atom. The van der Waals surface area contributed by atoms with Gasteiger partial charge in [-0.1, -0.05) is 36.4 Å². The van der Waals surface area contributed by atoms with E-state index in [-0.39, 0.29) is 0 Å². The van der Waals surface area contributed by atoms with E-state index in [1.807, 2.05) is 24.3 Å². The van der Waals surface area contributed by atoms with Gasteiger partial charge in [-0.15, -0.1) is 0 Å². The van der Waals surface area contributed by atoms with Gasteiger partial charge in [-0.05, 0) is 22.9 Å². The summed E-state index contributed by atoms with van der Waals surface area (Å²) in [5.41, 5.74) is 0. The van der Waals surface area contributed by atoms with E-state index >= 15 is 0 Å². The monoisotopic (exact) mass is 126 g/mol. The maximum Gasteiger partial charge on any atom is -0.00264 e. The Hall–Kier alpha value is -1.30. The highest BCUT2D eigenvalue weighted by atomic mass is 13.9. The standard InChI is InChI=1S/C10H6/c1-2-6-10-8-4-3-7-9(10)5-1/h1-5,7H. The molecule has 0 aliphatic carbocycles. The van der Waals surface area contributed by atoms with Gasteiger partial charge in [0.1, 0.15) is 0 Å². The van der Waals surface area contributed by atoms with Crippen LogP contribution in [0, 0.1) is 12.1 Å². The summed E-state index contributed by atoms with van der Waals surface area (Å²) in [7, 11) is 0. The summed E-state index contributed by atoms with van der Waals surface area (Å²) in [6.07, 6.45) is 0. The molecule has 0 aromatic heterocycles. The molecule has 0 heterocycles. The third-order valence-corrected chi connectivity index (χ3v) is 1.49. The third kappa shape index (κ3) is 0.781. The number of rotatable bonds is 0. The molecule has 0 saturated heterocycles. The van der Waals surface area contributed by atoms with Crippen LogP contribution in [0.5, 0.6) is 0 Å². The second kappa shape index (κ2) is 2.14. The molecular weight excluding hydrogens is 120 g/mol. The average Bonchev–Trinajstić information content (AvgIpc) is 2.05. The van der Waals surface area contributed by atoms with Gasteiger partial charge in [0.2, 0.25) is 0 Å². The minimum absolute atomic E-state index is 1.06. The summed E-state index contributed by atoms with van der Waals surface area (Å²) < 4.78 is 0. The zero-order valence-electron chi connectivity index (χ0n) is 5.46. The average molecular weight is 126 g/mol. The van der Waals surface area contributed by atoms with Crippen LogP contribution >= 0.6 is 0 Å². The summed E-state index contributed by atoms with van der Waals surface area (Å²) in [6.45, 7) is 0. The Labute approximate surface area is 60.1 Å². The van der Waals surface area contributed by atoms with E-state index in [0.29, 0.717) is 0 Å². The van der Waals surface area contributed by atoms with Crippen molar-refractivity contribution < 1.29 is 0 Å². The number of hydrogen-bond acceptors (Lipinski definition) is 0. The molecule has 0 N–H and O–H groups in total. The highest BCUT2D eigenvalue weighted by molar-refractivity contribution is 5.80. The molecule has 2 aromatic carbocycles. The van der Waals surface area contributed by atoms with Crippen LogP contribution in [-0.2, 0) is 0 Å². The minimum Gasteiger partial charge on any atom is -0.0610 e. The summed E-state index contributed by atoms with van der Waals surface area (Å²) in [5.74, 6) is 0. The maximum atomic E-state index is 3.10. The van der Waals surface area contributed by atoms with Crippen molar-refractivity contribution in [1.82, 2.24) is 0 Å². The van der Waals surface area contributed by atoms with Crippen molar-refractivity contribution in [3.05, 3.63) is 48.5 Å². The van der Waals surface area contributed by atoms with Gasteiger partial charge in [-0.3, -0.25) is 0 Å². The maximum absolute atomic E-state index is 3.10. The van der Waals surface area contributed by atoms with Crippen LogP contribution in [0.4, 0.5) is 0 Å². The molecule has 0 fully saturated rings. The highest BCUT2D eigenvalue weighted by Crippen LogP contribution is 2.09. The molecule has 46 valence electrons. The van der Waals surface area contributed by atoms with E-state index in [9.17, 15) is 0 Å². The fourth-order valence-electron chi connectivity index (χ4n) is 0.997. The molecule has 2 aromatic rings. The van der Waals surface area contributed by atoms with Crippen molar-refractivity contribution in [2.75, 3.05) is 0 Å². The van der Waals surface area contributed by atoms with Crippen molar-refractivity contribution in [3.8, 4) is 0 Å². The van der Waals surface area contributed by atoms with Gasteiger partial charge in [0.25, 0.3) is 0 Å². The second-order valence-electron chi connectivity index (χ2n) is 2.17. The molecule has 2 rings (SSSR count). The highest BCUT2D eigenvalue weighted by Gasteiger charge is 1.86. The topological polar surface area (TPSA) is 0 Å². The number of benzene rings is 2. The fraction of sp³-hybridized carbons (Fsp3) is 0. The van der Waals surface area contributed by atoms with Crippen LogP contribution in [0.1, 0.15) is 0 Å². The normalized spacial score (nSPS) is 10.0. The second-order valence-corrected chi connectivity index (χ2v) is 2.17. The molecule has 0 aliphatic heterocycles. The van der Waals surface area contributed by atoms with Crippen LogP contribution in [0.25, 0.3) is 10.8 Å². The molecule has 2 radical (unpaired) electrons. The third-order valence-electron chi connectivity index (χ3n) is 1.49. The summed E-state index contributed by atoms with van der Waals surface area (Å²) >= 11 is 0. The smallest absolute Gasteiger partial charge is 0.00264 e. The fourth-order valence-corrected chi connectivity index (χ4v) is 0.997. The van der Waals surface area contributed by atoms with Gasteiger partial charge in [0, 0.05) is 0 Å². The molecule has 0 spiro atoms. The van der Waals surface area contributed by atoms with E-state index in [1.165, 1.54) is 5.39 Å². The summed E-state index contributed by atoms with van der Waals surface area (Å²) in [5, 5.41) is 2.26. The molecular formula is C10H6. The largest absolute Gasteiger partial charge is 0.0610 e. The lowest BCUT2D eigenvalue weighted by atomic mass is 10.1. The molecule has 0 nitrogen and oxygen atoms in total. The zero-order chi connectivity index (χ0) is 6.81. The minimum atomic E-state index is 1.06. The Morgan fingerprint density at radius 1 is 0.900 bits per heavy atom. The van der Waals surface area contributed by atoms with Crippen molar-refractivity contribution >= 4 is 10.8 Å². The number of fused-ring (bicyclic) bond motifs is 1. The van der Waals surface area contributed by atoms with Crippen molar-refractivity contribution in [2.24, 2.45) is 0 Å². The SMILES string of the molecule is [c]1cccc2ccc[c]c12. The molecule has 0 unspecified atom stereocenters. The van der Waals surface area contributed by atoms with Crippen LogP contribution in [0.2, 0.25) is 0 Å². The Morgan fingerprint density at radius 2 is 1.50 bits per heavy atom. The first-order valence-electron chi connectivity index (χ1n) is 3.24. The van der Waals surface area contributed by atoms with Crippen molar-refractivity contribution in [1.29, 1.82) is 0 Å². The van der Waals surface area contributed by atoms with Crippen molar-refractivity contribution in [3.63, 3.8) is 0 Å². The van der Waals surface area contributed by atoms with E-state index in [4.69, 9.17) is 0 Å². The van der Waals surface area contributed by atoms with E-state index in [1.54, 1.807) is 0 Å². The molecule has 0 heteroatoms. The first kappa shape index (κ1) is 5.48. The van der Waals surface area contributed by atoms with Gasteiger partial charge in [-0.2, -0.15) is 0 Å². The molecule has 0 atom stereocenters. The molecule has 0 aliphatic rings. The van der Waals surface area contributed by atoms with E-state index in [0.717, 1.165) is 5.39 Å². The molecule has 0 amide bonds. The Bertz CT molecular complexity index is 271. The van der Waals surface area contributed by atoms with Crippen LogP contribution in [0.3, 0.4) is 0 Å². The lowest BCUT2D eigenvalue weighted by molar-refractivity contribution is 1.73. The van der Waals surface area contributed by atoms with Gasteiger partial charge < -0.3 is 0 Å². The zero-order valence-corrected chi connectivity index (χ0v) is 5.46. The molecule has 0 saturated carbocycles. The van der Waals surface area contributed by atoms with Gasteiger partial charge >= 0.3 is 0 Å². The van der Waals surface area contributed by atoms with Gasteiger partial charge in [0.05, 0.1) is 0 Å². The summed E-state index contributed by atoms with van der Waals surface area (Å²) in [6, 6.07) is 18.1.